The normalized spacial score (nSPS) is 17.8. The predicted octanol–water partition coefficient (Wildman–Crippen LogP) is 3.65. The minimum Gasteiger partial charge on any atom is -0.482 e. The minimum absolute atomic E-state index is 0.153. The summed E-state index contributed by atoms with van der Waals surface area (Å²) in [5.74, 6) is 0.805. The van der Waals surface area contributed by atoms with Gasteiger partial charge in [-0.05, 0) is 49.1 Å². The summed E-state index contributed by atoms with van der Waals surface area (Å²) >= 11 is 0. The molecule has 0 aliphatic heterocycles. The van der Waals surface area contributed by atoms with Gasteiger partial charge in [-0.1, -0.05) is 32.9 Å². The molecule has 0 heterocycles. The largest absolute Gasteiger partial charge is 0.482 e. The van der Waals surface area contributed by atoms with Crippen LogP contribution in [0.15, 0.2) is 29.4 Å². The van der Waals surface area contributed by atoms with Crippen LogP contribution in [0.25, 0.3) is 0 Å². The molecule has 0 bridgehead atoms. The van der Waals surface area contributed by atoms with E-state index < -0.39 is 0 Å². The summed E-state index contributed by atoms with van der Waals surface area (Å²) in [7, 11) is 0. The van der Waals surface area contributed by atoms with Crippen LogP contribution in [-0.4, -0.2) is 18.2 Å². The number of hydrogen-bond acceptors (Lipinski definition) is 4. The lowest BCUT2D eigenvalue weighted by Gasteiger charge is -2.34. The lowest BCUT2D eigenvalue weighted by molar-refractivity contribution is -0.123. The maximum Gasteiger partial charge on any atom is 0.277 e. The molecule has 0 radical (unpaired) electrons. The van der Waals surface area contributed by atoms with Gasteiger partial charge in [0.2, 0.25) is 0 Å². The quantitative estimate of drug-likeness (QED) is 0.858. The first-order chi connectivity index (χ1) is 11.4. The van der Waals surface area contributed by atoms with Gasteiger partial charge < -0.3 is 4.74 Å². The molecule has 1 N–H and O–H groups in total. The molecular formula is C19H25N3O2. The Kier molecular flexibility index (Phi) is 5.97. The number of nitrogens with one attached hydrogen (secondary N) is 1. The summed E-state index contributed by atoms with van der Waals surface area (Å²) in [5, 5.41) is 13.2. The molecule has 0 spiro atoms. The molecule has 1 fully saturated rings. The number of carbonyl (C=O) groups is 1. The first kappa shape index (κ1) is 18.0. The molecule has 1 saturated carbocycles. The second-order valence-corrected chi connectivity index (χ2v) is 7.25. The predicted molar refractivity (Wildman–Crippen MR) is 93.6 cm³/mol. The van der Waals surface area contributed by atoms with E-state index in [1.165, 1.54) is 0 Å². The van der Waals surface area contributed by atoms with Gasteiger partial charge in [0.05, 0.1) is 5.56 Å². The van der Waals surface area contributed by atoms with E-state index in [1.807, 2.05) is 6.07 Å². The van der Waals surface area contributed by atoms with Gasteiger partial charge in [0.15, 0.2) is 6.61 Å². The Balaban J connectivity index is 1.79. The molecule has 0 saturated heterocycles. The lowest BCUT2D eigenvalue weighted by atomic mass is 9.72. The Labute approximate surface area is 143 Å². The molecule has 24 heavy (non-hydrogen) atoms. The fourth-order valence-electron chi connectivity index (χ4n) is 2.93. The van der Waals surface area contributed by atoms with Gasteiger partial charge in [0.1, 0.15) is 11.8 Å². The highest BCUT2D eigenvalue weighted by atomic mass is 16.5. The number of amides is 1. The molecule has 128 valence electrons. The van der Waals surface area contributed by atoms with Crippen LogP contribution in [0.1, 0.15) is 52.0 Å². The van der Waals surface area contributed by atoms with Crippen molar-refractivity contribution in [1.82, 2.24) is 5.43 Å². The Morgan fingerprint density at radius 3 is 2.62 bits per heavy atom. The molecule has 0 aromatic heterocycles. The second-order valence-electron chi connectivity index (χ2n) is 7.25. The number of benzene rings is 1. The molecular weight excluding hydrogens is 302 g/mol. The third-order valence-electron chi connectivity index (χ3n) is 4.49. The highest BCUT2D eigenvalue weighted by Gasteiger charge is 2.28. The Morgan fingerprint density at radius 2 is 2.00 bits per heavy atom. The van der Waals surface area contributed by atoms with E-state index in [0.29, 0.717) is 22.6 Å². The third kappa shape index (κ3) is 5.09. The molecule has 0 unspecified atom stereocenters. The van der Waals surface area contributed by atoms with Crippen molar-refractivity contribution in [1.29, 1.82) is 5.26 Å². The van der Waals surface area contributed by atoms with Crippen molar-refractivity contribution in [2.75, 3.05) is 6.61 Å². The van der Waals surface area contributed by atoms with Crippen molar-refractivity contribution >= 4 is 11.6 Å². The van der Waals surface area contributed by atoms with Crippen LogP contribution >= 0.6 is 0 Å². The van der Waals surface area contributed by atoms with Crippen molar-refractivity contribution in [3.05, 3.63) is 29.8 Å². The highest BCUT2D eigenvalue weighted by Crippen LogP contribution is 2.36. The summed E-state index contributed by atoms with van der Waals surface area (Å²) in [6.45, 7) is 6.67. The number of carbonyl (C=O) groups excluding carboxylic acids is 1. The molecule has 1 aliphatic carbocycles. The van der Waals surface area contributed by atoms with Gasteiger partial charge in [-0.25, -0.2) is 5.43 Å². The maximum absolute atomic E-state index is 11.9. The van der Waals surface area contributed by atoms with Crippen LogP contribution in [0.3, 0.4) is 0 Å². The Morgan fingerprint density at radius 1 is 1.33 bits per heavy atom. The van der Waals surface area contributed by atoms with Gasteiger partial charge in [-0.15, -0.1) is 0 Å². The number of nitriles is 1. The first-order valence-electron chi connectivity index (χ1n) is 8.36. The Hall–Kier alpha value is -2.35. The monoisotopic (exact) mass is 327 g/mol. The number of nitrogens with zero attached hydrogens (tertiary/aromatic N) is 2. The van der Waals surface area contributed by atoms with Gasteiger partial charge >= 0.3 is 0 Å². The minimum atomic E-state index is -0.312. The number of hydrogen-bond donors (Lipinski definition) is 1. The van der Waals surface area contributed by atoms with E-state index in [4.69, 9.17) is 10.00 Å². The van der Waals surface area contributed by atoms with E-state index in [0.717, 1.165) is 31.4 Å². The summed E-state index contributed by atoms with van der Waals surface area (Å²) < 4.78 is 5.39. The molecule has 1 aliphatic rings. The third-order valence-corrected chi connectivity index (χ3v) is 4.49. The molecule has 2 rings (SSSR count). The average Bonchev–Trinajstić information content (AvgIpc) is 2.58. The number of hydrazone groups is 1. The molecule has 5 nitrogen and oxygen atoms in total. The summed E-state index contributed by atoms with van der Waals surface area (Å²) in [4.78, 5) is 11.9. The molecule has 1 amide bonds. The zero-order chi connectivity index (χ0) is 17.6. The molecule has 5 heteroatoms. The smallest absolute Gasteiger partial charge is 0.277 e. The van der Waals surface area contributed by atoms with E-state index in [-0.39, 0.29) is 12.5 Å². The fraction of sp³-hybridized carbons (Fsp3) is 0.526. The molecule has 1 aromatic carbocycles. The topological polar surface area (TPSA) is 74.5 Å². The fourth-order valence-corrected chi connectivity index (χ4v) is 2.93. The second kappa shape index (κ2) is 7.96. The Bertz CT molecular complexity index is 643. The number of rotatable bonds is 4. The first-order valence-corrected chi connectivity index (χ1v) is 8.36. The van der Waals surface area contributed by atoms with Gasteiger partial charge in [-0.3, -0.25) is 4.79 Å². The van der Waals surface area contributed by atoms with Gasteiger partial charge in [0, 0.05) is 5.71 Å². The summed E-state index contributed by atoms with van der Waals surface area (Å²) in [6, 6.07) is 8.88. The van der Waals surface area contributed by atoms with Crippen molar-refractivity contribution in [3.63, 3.8) is 0 Å². The SMILES string of the molecule is CC(C)(C)C1CCC(=NNC(=O)COc2ccccc2C#N)CC1. The van der Waals surface area contributed by atoms with Crippen LogP contribution in [0.4, 0.5) is 0 Å². The van der Waals surface area contributed by atoms with Crippen LogP contribution in [0.2, 0.25) is 0 Å². The van der Waals surface area contributed by atoms with Crippen molar-refractivity contribution in [3.8, 4) is 11.8 Å². The van der Waals surface area contributed by atoms with Gasteiger partial charge in [-0.2, -0.15) is 10.4 Å². The average molecular weight is 327 g/mol. The highest BCUT2D eigenvalue weighted by molar-refractivity contribution is 5.87. The van der Waals surface area contributed by atoms with E-state index in [2.05, 4.69) is 31.3 Å². The standard InChI is InChI=1S/C19H25N3O2/c1-19(2,3)15-8-10-16(11-9-15)21-22-18(23)13-24-17-7-5-4-6-14(17)12-20/h4-7,15H,8-11,13H2,1-3H3,(H,22,23). The number of ether oxygens (including phenoxy) is 1. The van der Waals surface area contributed by atoms with E-state index in [9.17, 15) is 4.79 Å². The van der Waals surface area contributed by atoms with E-state index >= 15 is 0 Å². The van der Waals surface area contributed by atoms with Crippen LogP contribution in [0, 0.1) is 22.7 Å². The summed E-state index contributed by atoms with van der Waals surface area (Å²) in [6.07, 6.45) is 4.09. The van der Waals surface area contributed by atoms with Crippen molar-refractivity contribution in [2.45, 2.75) is 46.5 Å². The molecule has 0 atom stereocenters. The lowest BCUT2D eigenvalue weighted by Crippen LogP contribution is -2.29. The summed E-state index contributed by atoms with van der Waals surface area (Å²) in [5.41, 5.74) is 4.34. The molecule has 1 aromatic rings. The van der Waals surface area contributed by atoms with Crippen molar-refractivity contribution in [2.24, 2.45) is 16.4 Å². The zero-order valence-corrected chi connectivity index (χ0v) is 14.6. The van der Waals surface area contributed by atoms with Crippen LogP contribution in [0.5, 0.6) is 5.75 Å². The zero-order valence-electron chi connectivity index (χ0n) is 14.6. The van der Waals surface area contributed by atoms with E-state index in [1.54, 1.807) is 24.3 Å². The number of para-hydroxylation sites is 1. The van der Waals surface area contributed by atoms with Gasteiger partial charge in [0.25, 0.3) is 5.91 Å². The van der Waals surface area contributed by atoms with Crippen LogP contribution < -0.4 is 10.2 Å². The van der Waals surface area contributed by atoms with Crippen molar-refractivity contribution < 1.29 is 9.53 Å². The van der Waals surface area contributed by atoms with Crippen LogP contribution in [-0.2, 0) is 4.79 Å². The maximum atomic E-state index is 11.9.